The molecule has 2 aromatic rings. The Morgan fingerprint density at radius 2 is 1.87 bits per heavy atom. The van der Waals surface area contributed by atoms with E-state index >= 15 is 0 Å². The molecule has 0 spiro atoms. The SMILES string of the molecule is O=C(c1cc(NC2CCCN(c3ccccc3F)C2)ccc1[N+](=O)[O-])N1CCCC1. The summed E-state index contributed by atoms with van der Waals surface area (Å²) >= 11 is 0. The lowest BCUT2D eigenvalue weighted by atomic mass is 10.0. The van der Waals surface area contributed by atoms with Crippen molar-refractivity contribution in [3.05, 3.63) is 64.0 Å². The zero-order valence-electron chi connectivity index (χ0n) is 16.7. The predicted octanol–water partition coefficient (Wildman–Crippen LogP) is 4.05. The van der Waals surface area contributed by atoms with Crippen LogP contribution in [0.5, 0.6) is 0 Å². The maximum absolute atomic E-state index is 14.2. The molecule has 2 aliphatic heterocycles. The Kier molecular flexibility index (Phi) is 5.83. The maximum atomic E-state index is 14.2. The average molecular weight is 412 g/mol. The van der Waals surface area contributed by atoms with Crippen LogP contribution >= 0.6 is 0 Å². The third kappa shape index (κ3) is 4.22. The molecule has 7 nitrogen and oxygen atoms in total. The zero-order valence-corrected chi connectivity index (χ0v) is 16.7. The summed E-state index contributed by atoms with van der Waals surface area (Å²) in [6.45, 7) is 2.66. The topological polar surface area (TPSA) is 78.7 Å². The minimum absolute atomic E-state index is 0.0505. The monoisotopic (exact) mass is 412 g/mol. The van der Waals surface area contributed by atoms with Crippen molar-refractivity contribution >= 4 is 23.0 Å². The number of rotatable bonds is 5. The summed E-state index contributed by atoms with van der Waals surface area (Å²) in [4.78, 5) is 27.5. The summed E-state index contributed by atoms with van der Waals surface area (Å²) < 4.78 is 14.2. The van der Waals surface area contributed by atoms with Crippen LogP contribution in [-0.2, 0) is 0 Å². The van der Waals surface area contributed by atoms with Crippen LogP contribution in [0.15, 0.2) is 42.5 Å². The van der Waals surface area contributed by atoms with Gasteiger partial charge in [0.15, 0.2) is 0 Å². The normalized spacial score (nSPS) is 19.0. The minimum atomic E-state index is -0.506. The summed E-state index contributed by atoms with van der Waals surface area (Å²) in [5.74, 6) is -0.536. The highest BCUT2D eigenvalue weighted by atomic mass is 19.1. The number of benzene rings is 2. The van der Waals surface area contributed by atoms with Crippen molar-refractivity contribution in [2.75, 3.05) is 36.4 Å². The second-order valence-corrected chi connectivity index (χ2v) is 7.87. The number of nitro benzene ring substituents is 1. The fraction of sp³-hybridized carbons (Fsp3) is 0.409. The average Bonchev–Trinajstić information content (AvgIpc) is 3.28. The van der Waals surface area contributed by atoms with Crippen molar-refractivity contribution in [3.8, 4) is 0 Å². The second-order valence-electron chi connectivity index (χ2n) is 7.87. The zero-order chi connectivity index (χ0) is 21.1. The molecular weight excluding hydrogens is 387 g/mol. The van der Waals surface area contributed by atoms with Crippen molar-refractivity contribution in [1.82, 2.24) is 4.90 Å². The molecule has 2 aromatic carbocycles. The third-order valence-electron chi connectivity index (χ3n) is 5.80. The Balaban J connectivity index is 1.52. The van der Waals surface area contributed by atoms with Gasteiger partial charge in [-0.1, -0.05) is 12.1 Å². The molecule has 0 aromatic heterocycles. The quantitative estimate of drug-likeness (QED) is 0.592. The molecule has 0 saturated carbocycles. The van der Waals surface area contributed by atoms with Crippen molar-refractivity contribution in [2.45, 2.75) is 31.7 Å². The van der Waals surface area contributed by atoms with E-state index in [0.29, 0.717) is 31.0 Å². The number of likely N-dealkylation sites (tertiary alicyclic amines) is 1. The number of amides is 1. The fourth-order valence-corrected chi connectivity index (χ4v) is 4.30. The lowest BCUT2D eigenvalue weighted by Gasteiger charge is -2.35. The number of anilines is 2. The van der Waals surface area contributed by atoms with Gasteiger partial charge in [-0.15, -0.1) is 0 Å². The van der Waals surface area contributed by atoms with Gasteiger partial charge in [0.2, 0.25) is 0 Å². The minimum Gasteiger partial charge on any atom is -0.381 e. The van der Waals surface area contributed by atoms with Gasteiger partial charge in [0.25, 0.3) is 11.6 Å². The van der Waals surface area contributed by atoms with Crippen molar-refractivity contribution < 1.29 is 14.1 Å². The van der Waals surface area contributed by atoms with Crippen LogP contribution in [0.1, 0.15) is 36.0 Å². The van der Waals surface area contributed by atoms with Gasteiger partial charge in [0.1, 0.15) is 11.4 Å². The van der Waals surface area contributed by atoms with Gasteiger partial charge in [-0.3, -0.25) is 14.9 Å². The molecule has 4 rings (SSSR count). The standard InChI is InChI=1S/C22H25FN4O3/c23-19-7-1-2-8-21(19)26-13-5-6-17(15-26)24-16-9-10-20(27(29)30)18(14-16)22(28)25-11-3-4-12-25/h1-2,7-10,14,17,24H,3-6,11-13,15H2. The van der Waals surface area contributed by atoms with Crippen LogP contribution in [0, 0.1) is 15.9 Å². The molecule has 0 bridgehead atoms. The molecule has 158 valence electrons. The highest BCUT2D eigenvalue weighted by Gasteiger charge is 2.28. The number of carbonyl (C=O) groups excluding carboxylic acids is 1. The van der Waals surface area contributed by atoms with E-state index in [1.54, 1.807) is 29.2 Å². The summed E-state index contributed by atoms with van der Waals surface area (Å²) in [6, 6.07) is 11.4. The molecule has 8 heteroatoms. The first-order chi connectivity index (χ1) is 14.5. The number of hydrogen-bond donors (Lipinski definition) is 1. The Labute approximate surface area is 174 Å². The number of carbonyl (C=O) groups is 1. The number of nitrogens with one attached hydrogen (secondary N) is 1. The lowest BCUT2D eigenvalue weighted by Crippen LogP contribution is -2.42. The van der Waals surface area contributed by atoms with Gasteiger partial charge in [-0.2, -0.15) is 0 Å². The first-order valence-corrected chi connectivity index (χ1v) is 10.4. The molecule has 30 heavy (non-hydrogen) atoms. The van der Waals surface area contributed by atoms with Gasteiger partial charge < -0.3 is 15.1 Å². The second kappa shape index (κ2) is 8.69. The van der Waals surface area contributed by atoms with E-state index in [1.807, 2.05) is 11.0 Å². The smallest absolute Gasteiger partial charge is 0.282 e. The number of nitrogens with zero attached hydrogens (tertiary/aromatic N) is 3. The summed E-state index contributed by atoms with van der Waals surface area (Å²) in [5.41, 5.74) is 1.20. The van der Waals surface area contributed by atoms with E-state index in [-0.39, 0.29) is 29.0 Å². The number of halogens is 1. The highest BCUT2D eigenvalue weighted by molar-refractivity contribution is 5.99. The molecule has 1 atom stereocenters. The van der Waals surface area contributed by atoms with E-state index in [4.69, 9.17) is 0 Å². The lowest BCUT2D eigenvalue weighted by molar-refractivity contribution is -0.385. The molecule has 1 N–H and O–H groups in total. The molecule has 1 unspecified atom stereocenters. The Hall–Kier alpha value is -3.16. The van der Waals surface area contributed by atoms with Crippen LogP contribution in [0.3, 0.4) is 0 Å². The van der Waals surface area contributed by atoms with E-state index in [1.165, 1.54) is 12.1 Å². The molecular formula is C22H25FN4O3. The van der Waals surface area contributed by atoms with Crippen LogP contribution in [0.4, 0.5) is 21.5 Å². The number of piperidine rings is 1. The van der Waals surface area contributed by atoms with Crippen molar-refractivity contribution in [1.29, 1.82) is 0 Å². The first kappa shape index (κ1) is 20.1. The van der Waals surface area contributed by atoms with Crippen molar-refractivity contribution in [3.63, 3.8) is 0 Å². The molecule has 2 heterocycles. The van der Waals surface area contributed by atoms with Crippen LogP contribution in [0.2, 0.25) is 0 Å². The number of nitro groups is 1. The van der Waals surface area contributed by atoms with Crippen LogP contribution in [-0.4, -0.2) is 48.0 Å². The van der Waals surface area contributed by atoms with Crippen LogP contribution < -0.4 is 10.2 Å². The van der Waals surface area contributed by atoms with Gasteiger partial charge in [-0.05, 0) is 49.9 Å². The largest absolute Gasteiger partial charge is 0.381 e. The maximum Gasteiger partial charge on any atom is 0.282 e. The van der Waals surface area contributed by atoms with E-state index in [9.17, 15) is 19.3 Å². The number of para-hydroxylation sites is 1. The Morgan fingerprint density at radius 1 is 1.10 bits per heavy atom. The van der Waals surface area contributed by atoms with Crippen LogP contribution in [0.25, 0.3) is 0 Å². The van der Waals surface area contributed by atoms with Gasteiger partial charge in [0, 0.05) is 44.0 Å². The molecule has 1 amide bonds. The third-order valence-corrected chi connectivity index (χ3v) is 5.80. The molecule has 2 aliphatic rings. The van der Waals surface area contributed by atoms with E-state index in [0.717, 1.165) is 32.2 Å². The first-order valence-electron chi connectivity index (χ1n) is 10.4. The molecule has 0 aliphatic carbocycles. The predicted molar refractivity (Wildman–Crippen MR) is 113 cm³/mol. The highest BCUT2D eigenvalue weighted by Crippen LogP contribution is 2.28. The van der Waals surface area contributed by atoms with E-state index in [2.05, 4.69) is 5.32 Å². The Bertz CT molecular complexity index is 946. The molecule has 2 fully saturated rings. The van der Waals surface area contributed by atoms with E-state index < -0.39 is 4.92 Å². The summed E-state index contributed by atoms with van der Waals surface area (Å²) in [6.07, 6.45) is 3.65. The summed E-state index contributed by atoms with van der Waals surface area (Å²) in [5, 5.41) is 14.8. The van der Waals surface area contributed by atoms with Gasteiger partial charge in [0.05, 0.1) is 10.6 Å². The van der Waals surface area contributed by atoms with Gasteiger partial charge >= 0.3 is 0 Å². The fourth-order valence-electron chi connectivity index (χ4n) is 4.30. The number of hydrogen-bond acceptors (Lipinski definition) is 5. The molecule has 2 saturated heterocycles. The molecule has 0 radical (unpaired) electrons. The van der Waals surface area contributed by atoms with Crippen molar-refractivity contribution in [2.24, 2.45) is 0 Å². The van der Waals surface area contributed by atoms with Gasteiger partial charge in [-0.25, -0.2) is 4.39 Å². The summed E-state index contributed by atoms with van der Waals surface area (Å²) in [7, 11) is 0. The Morgan fingerprint density at radius 3 is 2.60 bits per heavy atom.